The van der Waals surface area contributed by atoms with Gasteiger partial charge in [0.2, 0.25) is 0 Å². The van der Waals surface area contributed by atoms with Crippen LogP contribution in [0.4, 0.5) is 0 Å². The van der Waals surface area contributed by atoms with Crippen LogP contribution in [0.2, 0.25) is 0 Å². The van der Waals surface area contributed by atoms with Gasteiger partial charge in [-0.15, -0.1) is 17.0 Å². The fourth-order valence-electron chi connectivity index (χ4n) is 3.02. The number of rotatable bonds is 11. The molecule has 130 valence electrons. The third-order valence-electron chi connectivity index (χ3n) is 4.32. The largest absolute Gasteiger partial charge is 1.00 e. The highest BCUT2D eigenvalue weighted by Crippen LogP contribution is 2.19. The summed E-state index contributed by atoms with van der Waals surface area (Å²) < 4.78 is 1.31. The summed E-state index contributed by atoms with van der Waals surface area (Å²) in [6.45, 7) is 12.2. The number of hydrogen-bond acceptors (Lipinski definition) is 0. The first-order chi connectivity index (χ1) is 9.76. The van der Waals surface area contributed by atoms with Crippen LogP contribution in [0, 0.1) is 0 Å². The quantitative estimate of drug-likeness (QED) is 0.467. The summed E-state index contributed by atoms with van der Waals surface area (Å²) in [5.41, 5.74) is 1.51. The molecule has 22 heavy (non-hydrogen) atoms. The van der Waals surface area contributed by atoms with Crippen molar-refractivity contribution < 1.29 is 21.5 Å². The summed E-state index contributed by atoms with van der Waals surface area (Å²) in [6, 6.07) is 11.1. The van der Waals surface area contributed by atoms with Crippen molar-refractivity contribution in [3.63, 3.8) is 0 Å². The molecule has 0 fully saturated rings. The van der Waals surface area contributed by atoms with E-state index in [0.717, 1.165) is 0 Å². The van der Waals surface area contributed by atoms with E-state index in [-0.39, 0.29) is 34.0 Å². The maximum atomic E-state index is 2.32. The van der Waals surface area contributed by atoms with Crippen LogP contribution in [0.3, 0.4) is 0 Å². The van der Waals surface area contributed by atoms with E-state index in [0.29, 0.717) is 0 Å². The Balaban J connectivity index is 0. The number of quaternary nitrogens is 1. The first-order valence-electron chi connectivity index (χ1n) is 8.65. The van der Waals surface area contributed by atoms with Crippen molar-refractivity contribution in [1.29, 1.82) is 0 Å². The number of benzene rings is 1. The molecule has 0 atom stereocenters. The van der Waals surface area contributed by atoms with Gasteiger partial charge in [0.15, 0.2) is 0 Å². The highest BCUT2D eigenvalue weighted by atomic mass is 79.9. The molecule has 1 aromatic carbocycles. The summed E-state index contributed by atoms with van der Waals surface area (Å²) in [5, 5.41) is 0. The Morgan fingerprint density at radius 2 is 1.14 bits per heavy atom. The molecule has 3 heteroatoms. The molecule has 1 aromatic rings. The maximum absolute atomic E-state index is 2.32. The molecule has 0 N–H and O–H groups in total. The van der Waals surface area contributed by atoms with Crippen molar-refractivity contribution in [2.24, 2.45) is 0 Å². The van der Waals surface area contributed by atoms with Crippen molar-refractivity contribution >= 4 is 17.0 Å². The third kappa shape index (κ3) is 9.32. The topological polar surface area (TPSA) is 0 Å². The second kappa shape index (κ2) is 14.7. The normalized spacial score (nSPS) is 10.7. The molecule has 0 aromatic heterocycles. The Labute approximate surface area is 159 Å². The molecule has 0 unspecified atom stereocenters. The van der Waals surface area contributed by atoms with E-state index in [2.05, 4.69) is 51.1 Å². The lowest BCUT2D eigenvalue weighted by Gasteiger charge is -2.39. The monoisotopic (exact) mass is 435 g/mol. The van der Waals surface area contributed by atoms with Gasteiger partial charge >= 0.3 is 0 Å². The molecule has 0 amide bonds. The van der Waals surface area contributed by atoms with E-state index in [1.54, 1.807) is 0 Å². The predicted octanol–water partition coefficient (Wildman–Crippen LogP) is 2.99. The first-order valence-corrected chi connectivity index (χ1v) is 8.65. The molecule has 1 rings (SSSR count). The van der Waals surface area contributed by atoms with Crippen molar-refractivity contribution in [1.82, 2.24) is 0 Å². The van der Waals surface area contributed by atoms with Crippen LogP contribution >= 0.6 is 17.0 Å². The average molecular weight is 437 g/mol. The van der Waals surface area contributed by atoms with Gasteiger partial charge in [0.05, 0.1) is 19.6 Å². The van der Waals surface area contributed by atoms with Crippen LogP contribution in [-0.4, -0.2) is 24.1 Å². The minimum atomic E-state index is 0. The molecule has 0 bridgehead atoms. The lowest BCUT2D eigenvalue weighted by Crippen LogP contribution is -3.00. The number of unbranched alkanes of at least 4 members (excludes halogenated alkanes) is 3. The average Bonchev–Trinajstić information content (AvgIpc) is 2.49. The van der Waals surface area contributed by atoms with E-state index in [9.17, 15) is 0 Å². The summed E-state index contributed by atoms with van der Waals surface area (Å²) in [7, 11) is 0. The lowest BCUT2D eigenvalue weighted by atomic mass is 10.1. The predicted molar refractivity (Wildman–Crippen MR) is 100 cm³/mol. The molecule has 1 nitrogen and oxygen atoms in total. The molecule has 0 aliphatic rings. The van der Waals surface area contributed by atoms with Gasteiger partial charge in [-0.1, -0.05) is 70.4 Å². The SMILES string of the molecule is Br.CCCC[N+](CCCC)(CCCC)Cc1ccccc1.[Br-]. The molecule has 0 spiro atoms. The standard InChI is InChI=1S/C19H34N.2BrH/c1-4-7-15-20(16-8-5-2,17-9-6-3)18-19-13-11-10-12-14-19;;/h10-14H,4-9,15-18H2,1-3H3;2*1H/q+1;;/p-1. The molecular formula is C19H35Br2N. The third-order valence-corrected chi connectivity index (χ3v) is 4.32. The zero-order chi connectivity index (χ0) is 14.7. The van der Waals surface area contributed by atoms with Gasteiger partial charge in [0.1, 0.15) is 6.54 Å². The van der Waals surface area contributed by atoms with Crippen molar-refractivity contribution in [2.75, 3.05) is 19.6 Å². The smallest absolute Gasteiger partial charge is 0.104 e. The van der Waals surface area contributed by atoms with Crippen molar-refractivity contribution in [3.8, 4) is 0 Å². The fraction of sp³-hybridized carbons (Fsp3) is 0.684. The molecule has 0 aliphatic heterocycles. The molecular weight excluding hydrogens is 402 g/mol. The van der Waals surface area contributed by atoms with E-state index < -0.39 is 0 Å². The van der Waals surface area contributed by atoms with Crippen molar-refractivity contribution in [2.45, 2.75) is 65.8 Å². The molecule has 0 radical (unpaired) electrons. The molecule has 0 aliphatic carbocycles. The van der Waals surface area contributed by atoms with Gasteiger partial charge in [0.25, 0.3) is 0 Å². The Morgan fingerprint density at radius 1 is 0.727 bits per heavy atom. The molecule has 0 heterocycles. The van der Waals surface area contributed by atoms with Gasteiger partial charge < -0.3 is 21.5 Å². The van der Waals surface area contributed by atoms with Crippen molar-refractivity contribution in [3.05, 3.63) is 35.9 Å². The second-order valence-electron chi connectivity index (χ2n) is 6.22. The molecule has 0 saturated heterocycles. The number of nitrogens with zero attached hydrogens (tertiary/aromatic N) is 1. The minimum Gasteiger partial charge on any atom is -1.00 e. The fourth-order valence-corrected chi connectivity index (χ4v) is 3.02. The highest BCUT2D eigenvalue weighted by molar-refractivity contribution is 8.93. The van der Waals surface area contributed by atoms with Crippen LogP contribution in [0.1, 0.15) is 64.9 Å². The van der Waals surface area contributed by atoms with Crippen LogP contribution in [0.5, 0.6) is 0 Å². The van der Waals surface area contributed by atoms with E-state index in [1.807, 2.05) is 0 Å². The summed E-state index contributed by atoms with van der Waals surface area (Å²) in [5.74, 6) is 0. The van der Waals surface area contributed by atoms with Gasteiger partial charge in [0, 0.05) is 5.56 Å². The van der Waals surface area contributed by atoms with Gasteiger partial charge in [-0.3, -0.25) is 0 Å². The zero-order valence-corrected chi connectivity index (χ0v) is 18.0. The highest BCUT2D eigenvalue weighted by Gasteiger charge is 2.25. The summed E-state index contributed by atoms with van der Waals surface area (Å²) >= 11 is 0. The lowest BCUT2D eigenvalue weighted by molar-refractivity contribution is -0.941. The van der Waals surface area contributed by atoms with Gasteiger partial charge in [-0.25, -0.2) is 0 Å². The van der Waals surface area contributed by atoms with Gasteiger partial charge in [-0.05, 0) is 19.3 Å². The minimum absolute atomic E-state index is 0. The van der Waals surface area contributed by atoms with Crippen LogP contribution in [0.25, 0.3) is 0 Å². The zero-order valence-electron chi connectivity index (χ0n) is 14.7. The first kappa shape index (κ1) is 24.4. The Kier molecular flexibility index (Phi) is 16.3. The summed E-state index contributed by atoms with van der Waals surface area (Å²) in [6.07, 6.45) is 8.02. The molecule has 0 saturated carbocycles. The van der Waals surface area contributed by atoms with Crippen LogP contribution in [-0.2, 0) is 6.54 Å². The Hall–Kier alpha value is 0.140. The maximum Gasteiger partial charge on any atom is 0.104 e. The Morgan fingerprint density at radius 3 is 1.50 bits per heavy atom. The Bertz CT molecular complexity index is 319. The second-order valence-corrected chi connectivity index (χ2v) is 6.22. The van der Waals surface area contributed by atoms with E-state index in [4.69, 9.17) is 0 Å². The number of hydrogen-bond donors (Lipinski definition) is 0. The van der Waals surface area contributed by atoms with Crippen LogP contribution < -0.4 is 17.0 Å². The van der Waals surface area contributed by atoms with Gasteiger partial charge in [-0.2, -0.15) is 0 Å². The van der Waals surface area contributed by atoms with E-state index in [1.165, 1.54) is 74.8 Å². The summed E-state index contributed by atoms with van der Waals surface area (Å²) in [4.78, 5) is 0. The van der Waals surface area contributed by atoms with Crippen LogP contribution in [0.15, 0.2) is 30.3 Å². The number of halogens is 2. The van der Waals surface area contributed by atoms with E-state index >= 15 is 0 Å².